The number of para-hydroxylation sites is 4. The SMILES string of the molecule is c1ccc(-c2ccc(-c3ccc(N(c4ccc5c(c4)N(c4ccccc4)c4c(c6ccccc6n4-c4ccccc4)O5)c4ccc5c(c4)oc4ccccc45)cc3)cc2)cc1. The third-order valence-electron chi connectivity index (χ3n) is 11.8. The van der Waals surface area contributed by atoms with Crippen LogP contribution in [0.2, 0.25) is 0 Å². The molecule has 1 aliphatic heterocycles. The van der Waals surface area contributed by atoms with Crippen molar-refractivity contribution < 1.29 is 9.15 Å². The average molecular weight is 784 g/mol. The molecule has 0 atom stereocenters. The monoisotopic (exact) mass is 783 g/mol. The largest absolute Gasteiger partial charge is 0.456 e. The smallest absolute Gasteiger partial charge is 0.178 e. The van der Waals surface area contributed by atoms with E-state index in [4.69, 9.17) is 9.15 Å². The lowest BCUT2D eigenvalue weighted by Crippen LogP contribution is -2.19. The lowest BCUT2D eigenvalue weighted by Gasteiger charge is -2.34. The Morgan fingerprint density at radius 1 is 0.377 bits per heavy atom. The fourth-order valence-electron chi connectivity index (χ4n) is 8.90. The van der Waals surface area contributed by atoms with Crippen molar-refractivity contribution >= 4 is 67.1 Å². The molecular formula is C56H37N3O2. The third kappa shape index (κ3) is 5.86. The van der Waals surface area contributed by atoms with Gasteiger partial charge in [-0.3, -0.25) is 9.47 Å². The molecule has 9 aromatic carbocycles. The van der Waals surface area contributed by atoms with E-state index in [2.05, 4.69) is 227 Å². The molecule has 0 unspecified atom stereocenters. The summed E-state index contributed by atoms with van der Waals surface area (Å²) < 4.78 is 15.8. The molecule has 0 saturated heterocycles. The van der Waals surface area contributed by atoms with Crippen molar-refractivity contribution in [3.05, 3.63) is 224 Å². The minimum atomic E-state index is 0.776. The van der Waals surface area contributed by atoms with Gasteiger partial charge in [0.25, 0.3) is 0 Å². The highest BCUT2D eigenvalue weighted by Crippen LogP contribution is 2.56. The minimum Gasteiger partial charge on any atom is -0.456 e. The lowest BCUT2D eigenvalue weighted by atomic mass is 10.00. The Morgan fingerprint density at radius 2 is 0.902 bits per heavy atom. The van der Waals surface area contributed by atoms with E-state index in [0.29, 0.717) is 0 Å². The van der Waals surface area contributed by atoms with Gasteiger partial charge >= 0.3 is 0 Å². The van der Waals surface area contributed by atoms with E-state index in [-0.39, 0.29) is 0 Å². The van der Waals surface area contributed by atoms with Crippen LogP contribution in [0.3, 0.4) is 0 Å². The van der Waals surface area contributed by atoms with E-state index in [1.54, 1.807) is 0 Å². The molecule has 5 heteroatoms. The van der Waals surface area contributed by atoms with Crippen LogP contribution < -0.4 is 14.5 Å². The van der Waals surface area contributed by atoms with Gasteiger partial charge in [0.15, 0.2) is 17.3 Å². The molecule has 0 N–H and O–H groups in total. The summed E-state index contributed by atoms with van der Waals surface area (Å²) in [7, 11) is 0. The number of rotatable bonds is 7. The van der Waals surface area contributed by atoms with Crippen LogP contribution in [0.5, 0.6) is 11.5 Å². The maximum absolute atomic E-state index is 6.99. The second-order valence-electron chi connectivity index (χ2n) is 15.4. The number of aromatic nitrogens is 1. The molecule has 11 aromatic rings. The molecule has 0 bridgehead atoms. The first-order valence-corrected chi connectivity index (χ1v) is 20.6. The van der Waals surface area contributed by atoms with Crippen LogP contribution in [0.25, 0.3) is 60.8 Å². The highest BCUT2D eigenvalue weighted by atomic mass is 16.5. The van der Waals surface area contributed by atoms with Crippen molar-refractivity contribution in [1.82, 2.24) is 4.57 Å². The molecule has 0 radical (unpaired) electrons. The van der Waals surface area contributed by atoms with Crippen LogP contribution in [0.15, 0.2) is 229 Å². The standard InChI is InChI=1S/C56H37N3O2/c1-4-14-38(15-5-1)39-24-26-40(27-25-39)41-28-30-44(31-29-41)57(46-32-34-48-47-20-11-13-23-52(47)60-54(48)37-46)45-33-35-53-51(36-45)59(43-18-8-3-9-19-43)56-55(61-53)49-21-10-12-22-50(49)58(56)42-16-6-2-7-17-42/h1-37H. The van der Waals surface area contributed by atoms with Gasteiger partial charge in [-0.25, -0.2) is 0 Å². The predicted molar refractivity (Wildman–Crippen MR) is 251 cm³/mol. The summed E-state index contributed by atoms with van der Waals surface area (Å²) >= 11 is 0. The molecule has 0 fully saturated rings. The van der Waals surface area contributed by atoms with Crippen molar-refractivity contribution in [2.45, 2.75) is 0 Å². The molecule has 2 aromatic heterocycles. The molecule has 0 saturated carbocycles. The Balaban J connectivity index is 1.02. The lowest BCUT2D eigenvalue weighted by molar-refractivity contribution is 0.481. The highest BCUT2D eigenvalue weighted by molar-refractivity contribution is 6.06. The first kappa shape index (κ1) is 34.7. The summed E-state index contributed by atoms with van der Waals surface area (Å²) in [4.78, 5) is 4.65. The van der Waals surface area contributed by atoms with Gasteiger partial charge in [0.05, 0.1) is 11.2 Å². The van der Waals surface area contributed by atoms with Crippen molar-refractivity contribution in [1.29, 1.82) is 0 Å². The van der Waals surface area contributed by atoms with Crippen LogP contribution in [0.1, 0.15) is 0 Å². The quantitative estimate of drug-likeness (QED) is 0.161. The van der Waals surface area contributed by atoms with Crippen LogP contribution in [0, 0.1) is 0 Å². The third-order valence-corrected chi connectivity index (χ3v) is 11.8. The summed E-state index contributed by atoms with van der Waals surface area (Å²) in [5.41, 5.74) is 13.5. The minimum absolute atomic E-state index is 0.776. The van der Waals surface area contributed by atoms with Crippen molar-refractivity contribution in [3.63, 3.8) is 0 Å². The van der Waals surface area contributed by atoms with Gasteiger partial charge in [-0.2, -0.15) is 0 Å². The topological polar surface area (TPSA) is 33.8 Å². The number of furan rings is 1. The highest BCUT2D eigenvalue weighted by Gasteiger charge is 2.34. The second kappa shape index (κ2) is 14.2. The summed E-state index contributed by atoms with van der Waals surface area (Å²) in [5.74, 6) is 2.54. The zero-order valence-electron chi connectivity index (χ0n) is 33.0. The van der Waals surface area contributed by atoms with E-state index in [9.17, 15) is 0 Å². The van der Waals surface area contributed by atoms with E-state index in [0.717, 1.165) is 95.4 Å². The van der Waals surface area contributed by atoms with Crippen LogP contribution >= 0.6 is 0 Å². The van der Waals surface area contributed by atoms with E-state index < -0.39 is 0 Å². The Bertz CT molecular complexity index is 3370. The molecule has 0 spiro atoms. The van der Waals surface area contributed by atoms with E-state index in [1.807, 2.05) is 12.1 Å². The molecule has 3 heterocycles. The number of hydrogen-bond donors (Lipinski definition) is 0. The van der Waals surface area contributed by atoms with Gasteiger partial charge in [-0.15, -0.1) is 0 Å². The molecule has 12 rings (SSSR count). The molecule has 0 amide bonds. The molecule has 288 valence electrons. The number of hydrogen-bond acceptors (Lipinski definition) is 4. The summed E-state index contributed by atoms with van der Waals surface area (Å²) in [6.45, 7) is 0. The van der Waals surface area contributed by atoms with Crippen molar-refractivity contribution in [2.24, 2.45) is 0 Å². The van der Waals surface area contributed by atoms with Crippen LogP contribution in [-0.2, 0) is 0 Å². The van der Waals surface area contributed by atoms with Crippen LogP contribution in [0.4, 0.5) is 34.3 Å². The van der Waals surface area contributed by atoms with Crippen LogP contribution in [-0.4, -0.2) is 4.57 Å². The second-order valence-corrected chi connectivity index (χ2v) is 15.4. The predicted octanol–water partition coefficient (Wildman–Crippen LogP) is 15.9. The van der Waals surface area contributed by atoms with Gasteiger partial charge in [0, 0.05) is 50.7 Å². The number of anilines is 6. The average Bonchev–Trinajstić information content (AvgIpc) is 3.87. The number of nitrogens with zero attached hydrogens (tertiary/aromatic N) is 3. The fraction of sp³-hybridized carbons (Fsp3) is 0. The Labute approximate surface area is 353 Å². The Hall–Kier alpha value is -8.28. The molecule has 1 aliphatic rings. The fourth-order valence-corrected chi connectivity index (χ4v) is 8.90. The van der Waals surface area contributed by atoms with E-state index >= 15 is 0 Å². The van der Waals surface area contributed by atoms with Gasteiger partial charge in [-0.05, 0) is 107 Å². The number of benzene rings is 9. The number of ether oxygens (including phenoxy) is 1. The Morgan fingerprint density at radius 3 is 1.62 bits per heavy atom. The maximum Gasteiger partial charge on any atom is 0.178 e. The summed E-state index contributed by atoms with van der Waals surface area (Å²) in [6.07, 6.45) is 0. The normalized spacial score (nSPS) is 12.0. The summed E-state index contributed by atoms with van der Waals surface area (Å²) in [6, 6.07) is 79.0. The van der Waals surface area contributed by atoms with Crippen molar-refractivity contribution in [3.8, 4) is 39.4 Å². The maximum atomic E-state index is 6.99. The van der Waals surface area contributed by atoms with Gasteiger partial charge in [-0.1, -0.05) is 133 Å². The molecular weight excluding hydrogens is 747 g/mol. The van der Waals surface area contributed by atoms with Gasteiger partial charge < -0.3 is 14.1 Å². The molecule has 5 nitrogen and oxygen atoms in total. The van der Waals surface area contributed by atoms with Gasteiger partial charge in [0.1, 0.15) is 11.2 Å². The summed E-state index contributed by atoms with van der Waals surface area (Å²) in [5, 5.41) is 3.24. The van der Waals surface area contributed by atoms with Gasteiger partial charge in [0.2, 0.25) is 0 Å². The molecule has 61 heavy (non-hydrogen) atoms. The zero-order valence-corrected chi connectivity index (χ0v) is 33.0. The number of fused-ring (bicyclic) bond motifs is 7. The first-order valence-electron chi connectivity index (χ1n) is 20.6. The molecule has 0 aliphatic carbocycles. The van der Waals surface area contributed by atoms with Crippen molar-refractivity contribution in [2.75, 3.05) is 9.80 Å². The van der Waals surface area contributed by atoms with E-state index in [1.165, 1.54) is 11.1 Å². The first-order chi connectivity index (χ1) is 30.2. The zero-order chi connectivity index (χ0) is 40.3. The Kier molecular flexibility index (Phi) is 8.10.